The molecule has 0 aromatic carbocycles. The zero-order valence-corrected chi connectivity index (χ0v) is 12.5. The van der Waals surface area contributed by atoms with Gasteiger partial charge in [-0.05, 0) is 26.2 Å². The van der Waals surface area contributed by atoms with E-state index in [1.54, 1.807) is 17.5 Å². The van der Waals surface area contributed by atoms with Crippen LogP contribution in [0.4, 0.5) is 4.79 Å². The summed E-state index contributed by atoms with van der Waals surface area (Å²) in [6.07, 6.45) is 2.26. The van der Waals surface area contributed by atoms with E-state index in [4.69, 9.17) is 0 Å². The molecule has 2 rings (SSSR count). The van der Waals surface area contributed by atoms with Crippen LogP contribution in [0.25, 0.3) is 0 Å². The molecule has 1 N–H and O–H groups in total. The highest BCUT2D eigenvalue weighted by atomic mass is 32.1. The van der Waals surface area contributed by atoms with Crippen LogP contribution in [-0.2, 0) is 11.3 Å². The van der Waals surface area contributed by atoms with Gasteiger partial charge in [-0.2, -0.15) is 0 Å². The average Bonchev–Trinajstić information content (AvgIpc) is 2.83. The number of nitrogens with zero attached hydrogens (tertiary/aromatic N) is 3. The number of carboxylic acids is 1. The summed E-state index contributed by atoms with van der Waals surface area (Å²) in [5, 5.41) is 9.22. The molecule has 1 aliphatic rings. The SMILES string of the molecule is Cc1ncsc1CN(C)C(=O)N1CCCCC1C(=O)O. The van der Waals surface area contributed by atoms with Crippen LogP contribution >= 0.6 is 11.3 Å². The monoisotopic (exact) mass is 297 g/mol. The van der Waals surface area contributed by atoms with Crippen LogP contribution < -0.4 is 0 Å². The number of aromatic nitrogens is 1. The molecular formula is C13H19N3O3S. The number of aryl methyl sites for hydroxylation is 1. The number of aliphatic carboxylic acids is 1. The number of urea groups is 1. The van der Waals surface area contributed by atoms with Crippen molar-refractivity contribution in [1.29, 1.82) is 0 Å². The van der Waals surface area contributed by atoms with Crippen LogP contribution in [0.2, 0.25) is 0 Å². The van der Waals surface area contributed by atoms with Crippen molar-refractivity contribution in [3.05, 3.63) is 16.1 Å². The van der Waals surface area contributed by atoms with E-state index in [1.807, 2.05) is 6.92 Å². The fraction of sp³-hybridized carbons (Fsp3) is 0.615. The van der Waals surface area contributed by atoms with E-state index in [0.717, 1.165) is 23.4 Å². The Morgan fingerprint density at radius 1 is 1.55 bits per heavy atom. The predicted octanol–water partition coefficient (Wildman–Crippen LogP) is 1.94. The van der Waals surface area contributed by atoms with Gasteiger partial charge in [0.05, 0.1) is 17.7 Å². The van der Waals surface area contributed by atoms with Crippen LogP contribution in [0.5, 0.6) is 0 Å². The highest BCUT2D eigenvalue weighted by Gasteiger charge is 2.33. The second-order valence-electron chi connectivity index (χ2n) is 5.04. The third-order valence-corrected chi connectivity index (χ3v) is 4.51. The lowest BCUT2D eigenvalue weighted by Crippen LogP contribution is -2.52. The number of piperidine rings is 1. The summed E-state index contributed by atoms with van der Waals surface area (Å²) in [6.45, 7) is 2.89. The minimum absolute atomic E-state index is 0.218. The molecule has 0 radical (unpaired) electrons. The Balaban J connectivity index is 2.05. The van der Waals surface area contributed by atoms with Crippen molar-refractivity contribution in [1.82, 2.24) is 14.8 Å². The van der Waals surface area contributed by atoms with Gasteiger partial charge in [0.2, 0.25) is 0 Å². The van der Waals surface area contributed by atoms with Gasteiger partial charge in [0.25, 0.3) is 0 Å². The summed E-state index contributed by atoms with van der Waals surface area (Å²) in [5.41, 5.74) is 2.67. The lowest BCUT2D eigenvalue weighted by atomic mass is 10.0. The van der Waals surface area contributed by atoms with E-state index in [-0.39, 0.29) is 6.03 Å². The standard InChI is InChI=1S/C13H19N3O3S/c1-9-11(20-8-14-9)7-15(2)13(19)16-6-4-3-5-10(16)12(17)18/h8,10H,3-7H2,1-2H3,(H,17,18). The van der Waals surface area contributed by atoms with Crippen LogP contribution in [0.3, 0.4) is 0 Å². The second-order valence-corrected chi connectivity index (χ2v) is 5.98. The highest BCUT2D eigenvalue weighted by molar-refractivity contribution is 7.09. The van der Waals surface area contributed by atoms with Gasteiger partial charge >= 0.3 is 12.0 Å². The quantitative estimate of drug-likeness (QED) is 0.925. The van der Waals surface area contributed by atoms with Gasteiger partial charge in [0.1, 0.15) is 6.04 Å². The topological polar surface area (TPSA) is 73.7 Å². The van der Waals surface area contributed by atoms with Gasteiger partial charge in [-0.25, -0.2) is 14.6 Å². The summed E-state index contributed by atoms with van der Waals surface area (Å²) >= 11 is 1.51. The predicted molar refractivity (Wildman–Crippen MR) is 75.7 cm³/mol. The second kappa shape index (κ2) is 6.21. The minimum atomic E-state index is -0.916. The Bertz CT molecular complexity index is 503. The Hall–Kier alpha value is -1.63. The zero-order valence-electron chi connectivity index (χ0n) is 11.7. The molecule has 1 fully saturated rings. The first kappa shape index (κ1) is 14.8. The molecule has 0 saturated carbocycles. The number of thiazole rings is 1. The van der Waals surface area contributed by atoms with Gasteiger partial charge in [0, 0.05) is 18.5 Å². The number of carbonyl (C=O) groups is 2. The van der Waals surface area contributed by atoms with Gasteiger partial charge in [0.15, 0.2) is 0 Å². The summed E-state index contributed by atoms with van der Waals surface area (Å²) in [6, 6.07) is -0.911. The first-order valence-electron chi connectivity index (χ1n) is 6.64. The number of hydrogen-bond donors (Lipinski definition) is 1. The van der Waals surface area contributed by atoms with Crippen LogP contribution in [-0.4, -0.2) is 51.5 Å². The largest absolute Gasteiger partial charge is 0.480 e. The average molecular weight is 297 g/mol. The first-order valence-corrected chi connectivity index (χ1v) is 7.52. The van der Waals surface area contributed by atoms with Crippen molar-refractivity contribution >= 4 is 23.3 Å². The van der Waals surface area contributed by atoms with Crippen LogP contribution in [0.15, 0.2) is 5.51 Å². The number of hydrogen-bond acceptors (Lipinski definition) is 4. The van der Waals surface area contributed by atoms with Crippen molar-refractivity contribution in [2.45, 2.75) is 38.8 Å². The summed E-state index contributed by atoms with van der Waals surface area (Å²) in [4.78, 5) is 31.9. The molecule has 0 bridgehead atoms. The molecule has 6 nitrogen and oxygen atoms in total. The van der Waals surface area contributed by atoms with Gasteiger partial charge in [-0.15, -0.1) is 11.3 Å². The number of amides is 2. The number of likely N-dealkylation sites (tertiary alicyclic amines) is 1. The lowest BCUT2D eigenvalue weighted by molar-refractivity contribution is -0.143. The first-order chi connectivity index (χ1) is 9.50. The maximum atomic E-state index is 12.4. The Kier molecular flexibility index (Phi) is 4.59. The van der Waals surface area contributed by atoms with Crippen molar-refractivity contribution in [2.24, 2.45) is 0 Å². The molecule has 1 atom stereocenters. The molecule has 20 heavy (non-hydrogen) atoms. The van der Waals surface area contributed by atoms with Gasteiger partial charge in [-0.3, -0.25) is 0 Å². The summed E-state index contributed by atoms with van der Waals surface area (Å²) in [5.74, 6) is -0.916. The van der Waals surface area contributed by atoms with Crippen LogP contribution in [0.1, 0.15) is 29.8 Å². The van der Waals surface area contributed by atoms with E-state index >= 15 is 0 Å². The van der Waals surface area contributed by atoms with Gasteiger partial charge in [-0.1, -0.05) is 0 Å². The smallest absolute Gasteiger partial charge is 0.326 e. The number of rotatable bonds is 3. The molecule has 2 heterocycles. The third kappa shape index (κ3) is 3.09. The van der Waals surface area contributed by atoms with Gasteiger partial charge < -0.3 is 14.9 Å². The zero-order chi connectivity index (χ0) is 14.7. The molecule has 1 unspecified atom stereocenters. The lowest BCUT2D eigenvalue weighted by Gasteiger charge is -2.35. The van der Waals surface area contributed by atoms with Crippen molar-refractivity contribution in [3.63, 3.8) is 0 Å². The molecule has 1 saturated heterocycles. The van der Waals surface area contributed by atoms with Crippen molar-refractivity contribution in [3.8, 4) is 0 Å². The molecule has 1 aromatic heterocycles. The fourth-order valence-corrected chi connectivity index (χ4v) is 3.23. The highest BCUT2D eigenvalue weighted by Crippen LogP contribution is 2.20. The fourth-order valence-electron chi connectivity index (χ4n) is 2.40. The maximum absolute atomic E-state index is 12.4. The molecular weight excluding hydrogens is 278 g/mol. The summed E-state index contributed by atoms with van der Waals surface area (Å²) in [7, 11) is 1.70. The van der Waals surface area contributed by atoms with E-state index in [1.165, 1.54) is 16.2 Å². The molecule has 0 aliphatic carbocycles. The van der Waals surface area contributed by atoms with E-state index in [0.29, 0.717) is 19.5 Å². The summed E-state index contributed by atoms with van der Waals surface area (Å²) < 4.78 is 0. The molecule has 1 aliphatic heterocycles. The maximum Gasteiger partial charge on any atom is 0.326 e. The van der Waals surface area contributed by atoms with E-state index in [9.17, 15) is 14.7 Å². The Labute approximate surface area is 122 Å². The molecule has 0 spiro atoms. The third-order valence-electron chi connectivity index (χ3n) is 3.59. The number of carboxylic acid groups (broad SMARTS) is 1. The Morgan fingerprint density at radius 3 is 2.90 bits per heavy atom. The van der Waals surface area contributed by atoms with Crippen LogP contribution in [0, 0.1) is 6.92 Å². The molecule has 7 heteroatoms. The minimum Gasteiger partial charge on any atom is -0.480 e. The Morgan fingerprint density at radius 2 is 2.30 bits per heavy atom. The van der Waals surface area contributed by atoms with E-state index in [2.05, 4.69) is 4.98 Å². The molecule has 1 aromatic rings. The van der Waals surface area contributed by atoms with Crippen molar-refractivity contribution < 1.29 is 14.7 Å². The number of carbonyl (C=O) groups excluding carboxylic acids is 1. The molecule has 110 valence electrons. The molecule has 2 amide bonds. The normalized spacial score (nSPS) is 18.9. The van der Waals surface area contributed by atoms with Crippen molar-refractivity contribution in [2.75, 3.05) is 13.6 Å². The van der Waals surface area contributed by atoms with E-state index < -0.39 is 12.0 Å².